The van der Waals surface area contributed by atoms with Crippen LogP contribution >= 0.6 is 0 Å². The molecular formula is C39H66N2O7. The topological polar surface area (TPSA) is 110 Å². The van der Waals surface area contributed by atoms with Crippen molar-refractivity contribution in [3.05, 3.63) is 0 Å². The summed E-state index contributed by atoms with van der Waals surface area (Å²) < 4.78 is 24.2. The first kappa shape index (κ1) is 35.4. The molecule has 5 aliphatic carbocycles. The standard InChI is InChI=1S/C39H66N2O7/c1-23(9-12-31(36(5,6)44)48-34(43)40-8)33-28(42)19-27-26-10-11-29-35(3,4)30(47-32-20-41(17-18-46-32)25-21-45-22-25)13-14-39(29)24(2)38(26,39)16-15-37(27,33)7/h23-33,42,44H,9-22H2,1-8H3,(H,40,43)/t23-,24+,26+,27?,28-,29?,30+,31+,32?,33+,37+,38+,39?/m1/s1. The maximum absolute atomic E-state index is 12.0. The summed E-state index contributed by atoms with van der Waals surface area (Å²) in [6.07, 6.45) is 8.28. The lowest BCUT2D eigenvalue weighted by atomic mass is 9.46. The quantitative estimate of drug-likeness (QED) is 0.290. The molecular weight excluding hydrogens is 608 g/mol. The van der Waals surface area contributed by atoms with E-state index in [2.05, 4.69) is 44.8 Å². The second kappa shape index (κ2) is 12.3. The average molecular weight is 675 g/mol. The van der Waals surface area contributed by atoms with Gasteiger partial charge in [-0.15, -0.1) is 0 Å². The molecule has 274 valence electrons. The number of amides is 1. The molecule has 2 aliphatic heterocycles. The van der Waals surface area contributed by atoms with Crippen LogP contribution in [0, 0.1) is 57.2 Å². The Morgan fingerprint density at radius 2 is 1.81 bits per heavy atom. The van der Waals surface area contributed by atoms with E-state index in [1.807, 2.05) is 0 Å². The van der Waals surface area contributed by atoms with Crippen molar-refractivity contribution in [2.45, 2.75) is 142 Å². The molecule has 48 heavy (non-hydrogen) atoms. The number of hydrogen-bond donors (Lipinski definition) is 3. The Bertz CT molecular complexity index is 1200. The normalized spacial score (nSPS) is 46.6. The van der Waals surface area contributed by atoms with E-state index < -0.39 is 17.8 Å². The van der Waals surface area contributed by atoms with E-state index in [0.29, 0.717) is 41.0 Å². The Kier molecular flexibility index (Phi) is 9.10. The molecule has 9 heteroatoms. The lowest BCUT2D eigenvalue weighted by Crippen LogP contribution is -2.58. The predicted octanol–water partition coefficient (Wildman–Crippen LogP) is 5.61. The molecule has 2 heterocycles. The van der Waals surface area contributed by atoms with Gasteiger partial charge in [-0.05, 0) is 129 Å². The molecule has 2 spiro atoms. The minimum absolute atomic E-state index is 0.0902. The molecule has 2 saturated heterocycles. The highest BCUT2D eigenvalue weighted by Gasteiger charge is 2.84. The van der Waals surface area contributed by atoms with E-state index in [4.69, 9.17) is 18.9 Å². The summed E-state index contributed by atoms with van der Waals surface area (Å²) in [4.78, 5) is 14.6. The summed E-state index contributed by atoms with van der Waals surface area (Å²) in [5.74, 6) is 3.06. The smallest absolute Gasteiger partial charge is 0.407 e. The number of aliphatic hydroxyl groups is 2. The summed E-state index contributed by atoms with van der Waals surface area (Å²) in [6.45, 7) is 20.0. The third-order valence-corrected chi connectivity index (χ3v) is 16.3. The summed E-state index contributed by atoms with van der Waals surface area (Å²) in [5.41, 5.74) is -0.174. The number of carbonyl (C=O) groups is 1. The van der Waals surface area contributed by atoms with Crippen LogP contribution in [-0.4, -0.2) is 97.4 Å². The zero-order chi connectivity index (χ0) is 34.4. The SMILES string of the molecule is CNC(=O)O[C@@H](CC[C@@H](C)[C@H]1[C@H](O)CC2[C@@H]3CCC4C(C)(C)[C@@H](OC5CN(C6COC6)CCO5)CCC45[C@@H](C)[C@@]35CC[C@@]21C)C(C)(C)O. The molecule has 0 aromatic heterocycles. The third kappa shape index (κ3) is 5.24. The largest absolute Gasteiger partial charge is 0.443 e. The number of carbonyl (C=O) groups excluding carboxylic acids is 1. The lowest BCUT2D eigenvalue weighted by molar-refractivity contribution is -0.254. The molecule has 7 rings (SSSR count). The summed E-state index contributed by atoms with van der Waals surface area (Å²) in [6, 6.07) is 0.520. The number of morpholine rings is 1. The van der Waals surface area contributed by atoms with Gasteiger partial charge in [0, 0.05) is 13.6 Å². The lowest BCUT2D eigenvalue weighted by Gasteiger charge is -2.60. The van der Waals surface area contributed by atoms with Crippen molar-refractivity contribution in [3.8, 4) is 0 Å². The molecule has 9 nitrogen and oxygen atoms in total. The van der Waals surface area contributed by atoms with Gasteiger partial charge < -0.3 is 34.5 Å². The van der Waals surface area contributed by atoms with Gasteiger partial charge in [-0.25, -0.2) is 4.79 Å². The van der Waals surface area contributed by atoms with Crippen molar-refractivity contribution in [2.75, 3.05) is 40.0 Å². The molecule has 1 amide bonds. The van der Waals surface area contributed by atoms with E-state index in [9.17, 15) is 15.0 Å². The molecule has 7 aliphatic rings. The maximum atomic E-state index is 12.0. The molecule has 4 unspecified atom stereocenters. The van der Waals surface area contributed by atoms with Crippen molar-refractivity contribution in [1.29, 1.82) is 0 Å². The molecule has 0 aromatic carbocycles. The highest BCUT2D eigenvalue weighted by molar-refractivity contribution is 5.67. The van der Waals surface area contributed by atoms with Gasteiger partial charge in [0.15, 0.2) is 6.29 Å². The van der Waals surface area contributed by atoms with Crippen LogP contribution in [0.2, 0.25) is 0 Å². The second-order valence-electron chi connectivity index (χ2n) is 18.8. The van der Waals surface area contributed by atoms with Crippen LogP contribution in [0.3, 0.4) is 0 Å². The Balaban J connectivity index is 1.04. The van der Waals surface area contributed by atoms with Gasteiger partial charge in [-0.2, -0.15) is 0 Å². The van der Waals surface area contributed by atoms with E-state index in [1.165, 1.54) is 32.1 Å². The fourth-order valence-corrected chi connectivity index (χ4v) is 13.9. The summed E-state index contributed by atoms with van der Waals surface area (Å²) in [7, 11) is 1.54. The van der Waals surface area contributed by atoms with E-state index in [0.717, 1.165) is 58.1 Å². The highest BCUT2D eigenvalue weighted by Crippen LogP contribution is 2.89. The van der Waals surface area contributed by atoms with Crippen LogP contribution in [0.1, 0.15) is 106 Å². The monoisotopic (exact) mass is 674 g/mol. The third-order valence-electron chi connectivity index (χ3n) is 16.3. The van der Waals surface area contributed by atoms with Gasteiger partial charge in [-0.1, -0.05) is 34.6 Å². The van der Waals surface area contributed by atoms with Gasteiger partial charge in [0.05, 0.1) is 50.2 Å². The Morgan fingerprint density at radius 3 is 2.48 bits per heavy atom. The van der Waals surface area contributed by atoms with Gasteiger partial charge >= 0.3 is 6.09 Å². The van der Waals surface area contributed by atoms with Gasteiger partial charge in [-0.3, -0.25) is 4.90 Å². The first-order valence-electron chi connectivity index (χ1n) is 19.5. The fourth-order valence-electron chi connectivity index (χ4n) is 13.9. The van der Waals surface area contributed by atoms with Crippen LogP contribution in [0.15, 0.2) is 0 Å². The number of nitrogens with zero attached hydrogens (tertiary/aromatic N) is 1. The molecule has 3 N–H and O–H groups in total. The highest BCUT2D eigenvalue weighted by atomic mass is 16.7. The maximum Gasteiger partial charge on any atom is 0.407 e. The fraction of sp³-hybridized carbons (Fsp3) is 0.974. The number of fused-ring (bicyclic) bond motifs is 2. The van der Waals surface area contributed by atoms with Crippen molar-refractivity contribution in [1.82, 2.24) is 10.2 Å². The summed E-state index contributed by atoms with van der Waals surface area (Å²) in [5, 5.41) is 25.1. The van der Waals surface area contributed by atoms with Crippen LogP contribution < -0.4 is 5.32 Å². The zero-order valence-electron chi connectivity index (χ0n) is 31.1. The minimum Gasteiger partial charge on any atom is -0.443 e. The second-order valence-corrected chi connectivity index (χ2v) is 18.8. The number of nitrogens with one attached hydrogen (secondary N) is 1. The van der Waals surface area contributed by atoms with Crippen molar-refractivity contribution in [2.24, 2.45) is 57.2 Å². The first-order chi connectivity index (χ1) is 22.6. The van der Waals surface area contributed by atoms with Crippen LogP contribution in [0.5, 0.6) is 0 Å². The molecule has 5 saturated carbocycles. The molecule has 0 radical (unpaired) electrons. The number of aliphatic hydroxyl groups excluding tert-OH is 1. The predicted molar refractivity (Wildman–Crippen MR) is 183 cm³/mol. The van der Waals surface area contributed by atoms with Crippen LogP contribution in [0.25, 0.3) is 0 Å². The summed E-state index contributed by atoms with van der Waals surface area (Å²) >= 11 is 0. The number of hydrogen-bond acceptors (Lipinski definition) is 8. The number of alkyl carbamates (subject to hydrolysis) is 1. The van der Waals surface area contributed by atoms with Crippen LogP contribution in [-0.2, 0) is 18.9 Å². The Morgan fingerprint density at radius 1 is 1.06 bits per heavy atom. The van der Waals surface area contributed by atoms with E-state index in [1.54, 1.807) is 20.9 Å². The molecule has 0 aromatic rings. The van der Waals surface area contributed by atoms with Crippen LogP contribution in [0.4, 0.5) is 4.79 Å². The Labute approximate surface area is 289 Å². The van der Waals surface area contributed by atoms with Crippen molar-refractivity contribution < 1.29 is 34.0 Å². The van der Waals surface area contributed by atoms with E-state index in [-0.39, 0.29) is 41.2 Å². The van der Waals surface area contributed by atoms with Gasteiger partial charge in [0.2, 0.25) is 0 Å². The van der Waals surface area contributed by atoms with E-state index >= 15 is 0 Å². The first-order valence-corrected chi connectivity index (χ1v) is 19.5. The average Bonchev–Trinajstić information content (AvgIpc) is 3.39. The Hall–Kier alpha value is -0.970. The number of rotatable bonds is 9. The number of ether oxygens (including phenoxy) is 4. The molecule has 7 fully saturated rings. The van der Waals surface area contributed by atoms with Crippen molar-refractivity contribution >= 4 is 6.09 Å². The van der Waals surface area contributed by atoms with Gasteiger partial charge in [0.25, 0.3) is 0 Å². The van der Waals surface area contributed by atoms with Gasteiger partial charge in [0.1, 0.15) is 6.10 Å². The van der Waals surface area contributed by atoms with Crippen molar-refractivity contribution in [3.63, 3.8) is 0 Å². The molecule has 0 bridgehead atoms. The zero-order valence-corrected chi connectivity index (χ0v) is 31.1. The molecule has 13 atom stereocenters. The minimum atomic E-state index is -1.13.